The molecule has 1 heterocycles. The zero-order chi connectivity index (χ0) is 15.0. The number of hydrogen-bond acceptors (Lipinski definition) is 4. The molecule has 0 bridgehead atoms. The van der Waals surface area contributed by atoms with Gasteiger partial charge in [-0.25, -0.2) is 4.98 Å². The Balaban J connectivity index is 1.85. The standard InChI is InChI=1S/C16H17N3O2/c1-16(2)9-14(12-5-3-4-6-13(12)16)18-15-8-7-11(10-17-15)19(20)21/h3-8,10,14H,9H2,1-2H3,(H,17,18). The van der Waals surface area contributed by atoms with Crippen LogP contribution in [0, 0.1) is 10.1 Å². The van der Waals surface area contributed by atoms with Crippen molar-refractivity contribution < 1.29 is 4.92 Å². The molecule has 0 saturated carbocycles. The first kappa shape index (κ1) is 13.5. The fraction of sp³-hybridized carbons (Fsp3) is 0.312. The van der Waals surface area contributed by atoms with E-state index >= 15 is 0 Å². The van der Waals surface area contributed by atoms with Crippen molar-refractivity contribution in [2.75, 3.05) is 5.32 Å². The number of nitro groups is 1. The van der Waals surface area contributed by atoms with Gasteiger partial charge in [0.05, 0.1) is 11.0 Å². The molecule has 21 heavy (non-hydrogen) atoms. The molecule has 1 aromatic heterocycles. The van der Waals surface area contributed by atoms with Crippen molar-refractivity contribution in [2.45, 2.75) is 31.7 Å². The number of rotatable bonds is 3. The maximum absolute atomic E-state index is 10.7. The van der Waals surface area contributed by atoms with Gasteiger partial charge in [0.15, 0.2) is 0 Å². The lowest BCUT2D eigenvalue weighted by atomic mass is 9.86. The number of aromatic nitrogens is 1. The minimum atomic E-state index is -0.440. The Bertz CT molecular complexity index is 680. The average Bonchev–Trinajstić information content (AvgIpc) is 2.71. The van der Waals surface area contributed by atoms with Crippen molar-refractivity contribution in [2.24, 2.45) is 0 Å². The minimum Gasteiger partial charge on any atom is -0.363 e. The highest BCUT2D eigenvalue weighted by molar-refractivity contribution is 5.48. The Kier molecular flexibility index (Phi) is 3.12. The monoisotopic (exact) mass is 283 g/mol. The SMILES string of the molecule is CC1(C)CC(Nc2ccc([N+](=O)[O-])cn2)c2ccccc21. The van der Waals surface area contributed by atoms with Crippen LogP contribution in [0.2, 0.25) is 0 Å². The minimum absolute atomic E-state index is 0.00713. The summed E-state index contributed by atoms with van der Waals surface area (Å²) in [5.41, 5.74) is 2.76. The summed E-state index contributed by atoms with van der Waals surface area (Å²) < 4.78 is 0. The third-order valence-electron chi connectivity index (χ3n) is 4.06. The Labute approximate surface area is 123 Å². The summed E-state index contributed by atoms with van der Waals surface area (Å²) in [5.74, 6) is 0.665. The second kappa shape index (κ2) is 4.84. The molecule has 1 unspecified atom stereocenters. The van der Waals surface area contributed by atoms with Gasteiger partial charge < -0.3 is 5.32 Å². The molecule has 0 spiro atoms. The van der Waals surface area contributed by atoms with Crippen molar-refractivity contribution in [3.63, 3.8) is 0 Å². The third kappa shape index (κ3) is 2.46. The summed E-state index contributed by atoms with van der Waals surface area (Å²) in [6, 6.07) is 11.7. The van der Waals surface area contributed by atoms with Crippen LogP contribution < -0.4 is 5.32 Å². The number of benzene rings is 1. The highest BCUT2D eigenvalue weighted by Crippen LogP contribution is 2.45. The Hall–Kier alpha value is -2.43. The van der Waals surface area contributed by atoms with Gasteiger partial charge in [0, 0.05) is 6.07 Å². The molecule has 2 aromatic rings. The summed E-state index contributed by atoms with van der Waals surface area (Å²) >= 11 is 0. The van der Waals surface area contributed by atoms with Crippen LogP contribution in [0.15, 0.2) is 42.6 Å². The molecule has 108 valence electrons. The van der Waals surface area contributed by atoms with E-state index in [0.717, 1.165) is 6.42 Å². The second-order valence-corrected chi connectivity index (χ2v) is 6.03. The van der Waals surface area contributed by atoms with Crippen molar-refractivity contribution in [1.82, 2.24) is 4.98 Å². The molecule has 5 nitrogen and oxygen atoms in total. The zero-order valence-electron chi connectivity index (χ0n) is 12.0. The van der Waals surface area contributed by atoms with E-state index in [1.165, 1.54) is 23.4 Å². The van der Waals surface area contributed by atoms with Gasteiger partial charge >= 0.3 is 0 Å². The Morgan fingerprint density at radius 3 is 2.71 bits per heavy atom. The number of anilines is 1. The van der Waals surface area contributed by atoms with E-state index in [2.05, 4.69) is 42.3 Å². The highest BCUT2D eigenvalue weighted by Gasteiger charge is 2.36. The van der Waals surface area contributed by atoms with Crippen LogP contribution >= 0.6 is 0 Å². The van der Waals surface area contributed by atoms with Gasteiger partial charge in [-0.2, -0.15) is 0 Å². The molecule has 0 amide bonds. The first-order valence-corrected chi connectivity index (χ1v) is 6.94. The smallest absolute Gasteiger partial charge is 0.287 e. The molecular weight excluding hydrogens is 266 g/mol. The maximum atomic E-state index is 10.7. The van der Waals surface area contributed by atoms with Gasteiger partial charge in [-0.15, -0.1) is 0 Å². The van der Waals surface area contributed by atoms with Gasteiger partial charge in [-0.3, -0.25) is 10.1 Å². The van der Waals surface area contributed by atoms with E-state index in [1.807, 2.05) is 6.07 Å². The molecule has 1 aromatic carbocycles. The number of nitrogens with one attached hydrogen (secondary N) is 1. The maximum Gasteiger partial charge on any atom is 0.287 e. The predicted molar refractivity (Wildman–Crippen MR) is 81.3 cm³/mol. The van der Waals surface area contributed by atoms with E-state index in [-0.39, 0.29) is 17.1 Å². The Morgan fingerprint density at radius 1 is 1.29 bits per heavy atom. The zero-order valence-corrected chi connectivity index (χ0v) is 12.0. The fourth-order valence-electron chi connectivity index (χ4n) is 3.03. The summed E-state index contributed by atoms with van der Waals surface area (Å²) in [6.07, 6.45) is 2.26. The first-order valence-electron chi connectivity index (χ1n) is 6.94. The second-order valence-electron chi connectivity index (χ2n) is 6.03. The van der Waals surface area contributed by atoms with Crippen LogP contribution in [0.3, 0.4) is 0 Å². The molecule has 0 fully saturated rings. The lowest BCUT2D eigenvalue weighted by Gasteiger charge is -2.19. The third-order valence-corrected chi connectivity index (χ3v) is 4.06. The summed E-state index contributed by atoms with van der Waals surface area (Å²) in [5, 5.41) is 14.0. The number of pyridine rings is 1. The average molecular weight is 283 g/mol. The quantitative estimate of drug-likeness (QED) is 0.686. The molecule has 0 aliphatic heterocycles. The van der Waals surface area contributed by atoms with Crippen LogP contribution in [-0.2, 0) is 5.41 Å². The van der Waals surface area contributed by atoms with Crippen LogP contribution in [0.1, 0.15) is 37.4 Å². The van der Waals surface area contributed by atoms with Crippen molar-refractivity contribution in [3.8, 4) is 0 Å². The van der Waals surface area contributed by atoms with Crippen molar-refractivity contribution >= 4 is 11.5 Å². The number of nitrogens with zero attached hydrogens (tertiary/aromatic N) is 2. The van der Waals surface area contributed by atoms with Crippen LogP contribution in [0.25, 0.3) is 0 Å². The molecular formula is C16H17N3O2. The largest absolute Gasteiger partial charge is 0.363 e. The fourth-order valence-corrected chi connectivity index (χ4v) is 3.03. The molecule has 3 rings (SSSR count). The van der Waals surface area contributed by atoms with Gasteiger partial charge in [-0.1, -0.05) is 38.1 Å². The molecule has 1 aliphatic carbocycles. The molecule has 1 N–H and O–H groups in total. The molecule has 0 saturated heterocycles. The first-order chi connectivity index (χ1) is 9.97. The molecule has 1 atom stereocenters. The van der Waals surface area contributed by atoms with Gasteiger partial charge in [-0.05, 0) is 29.0 Å². The predicted octanol–water partition coefficient (Wildman–Crippen LogP) is 3.82. The van der Waals surface area contributed by atoms with E-state index in [4.69, 9.17) is 0 Å². The topological polar surface area (TPSA) is 68.1 Å². The Morgan fingerprint density at radius 2 is 2.05 bits per heavy atom. The molecule has 5 heteroatoms. The summed E-state index contributed by atoms with van der Waals surface area (Å²) in [6.45, 7) is 4.47. The molecule has 0 radical (unpaired) electrons. The van der Waals surface area contributed by atoms with Gasteiger partial charge in [0.25, 0.3) is 5.69 Å². The normalized spacial score (nSPS) is 19.0. The van der Waals surface area contributed by atoms with E-state index < -0.39 is 4.92 Å². The lowest BCUT2D eigenvalue weighted by Crippen LogP contribution is -2.14. The van der Waals surface area contributed by atoms with Crippen molar-refractivity contribution in [1.29, 1.82) is 0 Å². The highest BCUT2D eigenvalue weighted by atomic mass is 16.6. The van der Waals surface area contributed by atoms with Crippen molar-refractivity contribution in [3.05, 3.63) is 63.8 Å². The van der Waals surface area contributed by atoms with Crippen LogP contribution in [0.4, 0.5) is 11.5 Å². The van der Waals surface area contributed by atoms with Gasteiger partial charge in [0.1, 0.15) is 12.0 Å². The van der Waals surface area contributed by atoms with Crippen LogP contribution in [-0.4, -0.2) is 9.91 Å². The summed E-state index contributed by atoms with van der Waals surface area (Å²) in [4.78, 5) is 14.3. The van der Waals surface area contributed by atoms with E-state index in [0.29, 0.717) is 5.82 Å². The number of fused-ring (bicyclic) bond motifs is 1. The van der Waals surface area contributed by atoms with E-state index in [9.17, 15) is 10.1 Å². The van der Waals surface area contributed by atoms with E-state index in [1.54, 1.807) is 6.07 Å². The summed E-state index contributed by atoms with van der Waals surface area (Å²) in [7, 11) is 0. The number of hydrogen-bond donors (Lipinski definition) is 1. The van der Waals surface area contributed by atoms with Gasteiger partial charge in [0.2, 0.25) is 0 Å². The lowest BCUT2D eigenvalue weighted by molar-refractivity contribution is -0.385. The molecule has 1 aliphatic rings. The van der Waals surface area contributed by atoms with Crippen LogP contribution in [0.5, 0.6) is 0 Å².